The van der Waals surface area contributed by atoms with Gasteiger partial charge in [-0.2, -0.15) is 5.21 Å². The van der Waals surface area contributed by atoms with Crippen molar-refractivity contribution in [3.63, 3.8) is 0 Å². The van der Waals surface area contributed by atoms with Gasteiger partial charge in [0.2, 0.25) is 15.8 Å². The molecular formula is C16H24FN9O2S2. The molecule has 0 radical (unpaired) electrons. The number of benzene rings is 1. The summed E-state index contributed by atoms with van der Waals surface area (Å²) in [4.78, 5) is 2.05. The predicted octanol–water partition coefficient (Wildman–Crippen LogP) is -0.652. The molecule has 2 aromatic rings. The number of aromatic amines is 1. The Hall–Kier alpha value is -1.84. The van der Waals surface area contributed by atoms with Crippen LogP contribution in [0, 0.1) is 0 Å². The van der Waals surface area contributed by atoms with Crippen LogP contribution in [-0.4, -0.2) is 73.5 Å². The Kier molecular flexibility index (Phi) is 6.22. The zero-order chi connectivity index (χ0) is 21.3. The number of hydrogen-bond acceptors (Lipinski definition) is 10. The predicted molar refractivity (Wildman–Crippen MR) is 111 cm³/mol. The third-order valence-electron chi connectivity index (χ3n) is 5.28. The number of H-pyrrole nitrogens is 1. The summed E-state index contributed by atoms with van der Waals surface area (Å²) in [7, 11) is -4.16. The van der Waals surface area contributed by atoms with Crippen LogP contribution >= 0.6 is 11.9 Å². The van der Waals surface area contributed by atoms with Crippen LogP contribution in [0.15, 0.2) is 21.9 Å². The van der Waals surface area contributed by atoms with Crippen molar-refractivity contribution in [3.8, 4) is 11.4 Å². The molecule has 7 N–H and O–H groups in total. The first-order chi connectivity index (χ1) is 14.3. The zero-order valence-electron chi connectivity index (χ0n) is 16.1. The molecule has 0 unspecified atom stereocenters. The molecule has 0 bridgehead atoms. The first kappa shape index (κ1) is 21.4. The van der Waals surface area contributed by atoms with Crippen molar-refractivity contribution in [3.05, 3.63) is 12.1 Å². The number of rotatable bonds is 6. The highest BCUT2D eigenvalue weighted by atomic mass is 32.2. The van der Waals surface area contributed by atoms with Gasteiger partial charge in [-0.05, 0) is 48.7 Å². The Bertz CT molecular complexity index is 983. The number of piperidine rings is 1. The summed E-state index contributed by atoms with van der Waals surface area (Å²) in [6.07, 6.45) is 0.129. The number of hydrogen-bond donors (Lipinski definition) is 5. The van der Waals surface area contributed by atoms with Crippen LogP contribution in [0.3, 0.4) is 0 Å². The van der Waals surface area contributed by atoms with Gasteiger partial charge in [0.25, 0.3) is 0 Å². The lowest BCUT2D eigenvalue weighted by Crippen LogP contribution is -2.48. The molecule has 0 amide bonds. The smallest absolute Gasteiger partial charge is 0.240 e. The van der Waals surface area contributed by atoms with Crippen molar-refractivity contribution in [2.24, 2.45) is 10.9 Å². The lowest BCUT2D eigenvalue weighted by atomic mass is 10.0. The van der Waals surface area contributed by atoms with E-state index in [0.717, 1.165) is 19.5 Å². The van der Waals surface area contributed by atoms with Crippen molar-refractivity contribution < 1.29 is 12.8 Å². The van der Waals surface area contributed by atoms with Crippen LogP contribution in [-0.2, 0) is 10.0 Å². The molecule has 2 aliphatic heterocycles. The second kappa shape index (κ2) is 8.72. The Balaban J connectivity index is 1.79. The van der Waals surface area contributed by atoms with Gasteiger partial charge in [-0.25, -0.2) is 17.9 Å². The fourth-order valence-corrected chi connectivity index (χ4v) is 5.84. The summed E-state index contributed by atoms with van der Waals surface area (Å²) in [6.45, 7) is 2.19. The quantitative estimate of drug-likeness (QED) is 0.351. The van der Waals surface area contributed by atoms with Crippen LogP contribution in [0.2, 0.25) is 0 Å². The maximum atomic E-state index is 14.3. The molecule has 14 heteroatoms. The van der Waals surface area contributed by atoms with E-state index < -0.39 is 22.2 Å². The Morgan fingerprint density at radius 1 is 1.33 bits per heavy atom. The number of nitrogens with one attached hydrogen (secondary N) is 3. The summed E-state index contributed by atoms with van der Waals surface area (Å²) in [6, 6.07) is 3.06. The van der Waals surface area contributed by atoms with E-state index in [2.05, 4.69) is 30.7 Å². The number of nitrogens with zero attached hydrogens (tertiary/aromatic N) is 4. The minimum absolute atomic E-state index is 0.0363. The second-order valence-corrected chi connectivity index (χ2v) is 9.77. The molecule has 0 saturated carbocycles. The summed E-state index contributed by atoms with van der Waals surface area (Å²) < 4.78 is 42.9. The highest BCUT2D eigenvalue weighted by molar-refractivity contribution is 7.98. The van der Waals surface area contributed by atoms with Crippen molar-refractivity contribution in [2.75, 3.05) is 31.1 Å². The fraction of sp³-hybridized carbons (Fsp3) is 0.562. The van der Waals surface area contributed by atoms with Crippen LogP contribution in [0.1, 0.15) is 12.8 Å². The van der Waals surface area contributed by atoms with Crippen LogP contribution in [0.4, 0.5) is 10.1 Å². The van der Waals surface area contributed by atoms with Crippen molar-refractivity contribution in [1.82, 2.24) is 30.7 Å². The molecule has 0 spiro atoms. The molecule has 1 aromatic carbocycles. The lowest BCUT2D eigenvalue weighted by Gasteiger charge is -2.35. The number of tetrazole rings is 1. The van der Waals surface area contributed by atoms with Crippen molar-refractivity contribution >= 4 is 27.7 Å². The topological polar surface area (TPSA) is 168 Å². The fourth-order valence-electron chi connectivity index (χ4n) is 3.71. The summed E-state index contributed by atoms with van der Waals surface area (Å²) >= 11 is 1.19. The molecule has 2 aliphatic rings. The van der Waals surface area contributed by atoms with Gasteiger partial charge >= 0.3 is 0 Å². The third kappa shape index (κ3) is 4.43. The molecule has 2 fully saturated rings. The minimum atomic E-state index is -4.16. The van der Waals surface area contributed by atoms with E-state index in [4.69, 9.17) is 10.9 Å². The van der Waals surface area contributed by atoms with Gasteiger partial charge in [-0.3, -0.25) is 4.72 Å². The van der Waals surface area contributed by atoms with E-state index in [1.54, 1.807) is 17.0 Å². The zero-order valence-corrected chi connectivity index (χ0v) is 17.7. The Morgan fingerprint density at radius 2 is 2.17 bits per heavy atom. The van der Waals surface area contributed by atoms with E-state index in [-0.39, 0.29) is 28.9 Å². The summed E-state index contributed by atoms with van der Waals surface area (Å²) in [5.41, 5.74) is 6.47. The SMILES string of the molecule is N[C@H]1CCN(c2ccc(SN[C@@H]3CCNC3)c(S(N)(=O)=O)c2-c2nn[nH]n2)C[C@H]1F. The maximum absolute atomic E-state index is 14.3. The standard InChI is InChI=1S/C16H24FN9O2S2/c17-10-8-26(6-4-11(10)18)12-1-2-13(29-23-9-3-5-20-7-9)15(30(19,27)28)14(12)16-21-24-25-22-16/h1-2,9-11,20,23H,3-8,18H2,(H2,19,27,28)(H,21,22,24,25)/t9-,10-,11+/m1/s1. The number of primary sulfonamides is 1. The number of anilines is 1. The van der Waals surface area contributed by atoms with Gasteiger partial charge < -0.3 is 16.0 Å². The highest BCUT2D eigenvalue weighted by Gasteiger charge is 2.32. The molecule has 2 saturated heterocycles. The Morgan fingerprint density at radius 3 is 2.80 bits per heavy atom. The van der Waals surface area contributed by atoms with Gasteiger partial charge in [-0.15, -0.1) is 10.2 Å². The number of nitrogens with two attached hydrogens (primary N) is 2. The van der Waals surface area contributed by atoms with Crippen molar-refractivity contribution in [1.29, 1.82) is 0 Å². The van der Waals surface area contributed by atoms with Gasteiger partial charge in [0.15, 0.2) is 0 Å². The first-order valence-corrected chi connectivity index (χ1v) is 11.9. The number of sulfonamides is 1. The van der Waals surface area contributed by atoms with Gasteiger partial charge in [-0.1, -0.05) is 0 Å². The monoisotopic (exact) mass is 457 g/mol. The van der Waals surface area contributed by atoms with Crippen LogP contribution in [0.5, 0.6) is 0 Å². The number of halogens is 1. The highest BCUT2D eigenvalue weighted by Crippen LogP contribution is 2.40. The van der Waals surface area contributed by atoms with E-state index in [0.29, 0.717) is 23.5 Å². The molecule has 1 aromatic heterocycles. The third-order valence-corrected chi connectivity index (χ3v) is 7.41. The van der Waals surface area contributed by atoms with Gasteiger partial charge in [0.1, 0.15) is 11.1 Å². The largest absolute Gasteiger partial charge is 0.368 e. The molecular weight excluding hydrogens is 433 g/mol. The first-order valence-electron chi connectivity index (χ1n) is 9.56. The molecule has 3 atom stereocenters. The molecule has 30 heavy (non-hydrogen) atoms. The average molecular weight is 458 g/mol. The maximum Gasteiger partial charge on any atom is 0.240 e. The molecule has 4 rings (SSSR count). The molecule has 11 nitrogen and oxygen atoms in total. The summed E-state index contributed by atoms with van der Waals surface area (Å²) in [5, 5.41) is 22.7. The van der Waals surface area contributed by atoms with E-state index in [1.807, 2.05) is 0 Å². The van der Waals surface area contributed by atoms with E-state index in [1.165, 1.54) is 11.9 Å². The van der Waals surface area contributed by atoms with Gasteiger partial charge in [0.05, 0.1) is 12.1 Å². The number of alkyl halides is 1. The van der Waals surface area contributed by atoms with E-state index >= 15 is 0 Å². The van der Waals surface area contributed by atoms with Crippen LogP contribution in [0.25, 0.3) is 11.4 Å². The number of aromatic nitrogens is 4. The molecule has 0 aliphatic carbocycles. The van der Waals surface area contributed by atoms with Crippen molar-refractivity contribution in [2.45, 2.75) is 40.9 Å². The Labute approximate surface area is 177 Å². The normalized spacial score (nSPS) is 25.0. The minimum Gasteiger partial charge on any atom is -0.368 e. The lowest BCUT2D eigenvalue weighted by molar-refractivity contribution is 0.251. The molecule has 164 valence electrons. The second-order valence-electron chi connectivity index (χ2n) is 7.39. The van der Waals surface area contributed by atoms with Gasteiger partial charge in [0, 0.05) is 35.8 Å². The van der Waals surface area contributed by atoms with Crippen LogP contribution < -0.4 is 25.8 Å². The summed E-state index contributed by atoms with van der Waals surface area (Å²) in [5.74, 6) is 0.0734. The molecule has 3 heterocycles. The van der Waals surface area contributed by atoms with E-state index in [9.17, 15) is 12.8 Å². The average Bonchev–Trinajstić information content (AvgIpc) is 3.41.